The first kappa shape index (κ1) is 22.9. The summed E-state index contributed by atoms with van der Waals surface area (Å²) in [4.78, 5) is 25.5. The van der Waals surface area contributed by atoms with Crippen molar-refractivity contribution in [1.29, 1.82) is 0 Å². The van der Waals surface area contributed by atoms with Crippen molar-refractivity contribution in [1.82, 2.24) is 15.0 Å². The molecule has 2 heterocycles. The minimum Gasteiger partial charge on any atom is -0.458 e. The van der Waals surface area contributed by atoms with Crippen molar-refractivity contribution in [2.24, 2.45) is 0 Å². The van der Waals surface area contributed by atoms with Gasteiger partial charge in [-0.25, -0.2) is 9.80 Å². The Bertz CT molecular complexity index is 1430. The highest BCUT2D eigenvalue weighted by molar-refractivity contribution is 6.30. The van der Waals surface area contributed by atoms with Crippen LogP contribution in [0.1, 0.15) is 37.4 Å². The molecular weight excluding hydrogens is 462 g/mol. The standard InChI is InChI=1S/C28H24ClN3O3/c1-2-14-35-28(34)21-8-9-22-17-32(18-23(22)15-21)30-27(33)25-5-3-4-20-12-13-31(26(20)25)16-19-6-10-24(29)11-7-19/h2-13,15H,1,14,16-18H2,(H,30,33). The maximum atomic E-state index is 13.3. The first-order valence-corrected chi connectivity index (χ1v) is 11.7. The Labute approximate surface area is 208 Å². The summed E-state index contributed by atoms with van der Waals surface area (Å²) in [6, 6.07) is 20.9. The minimum atomic E-state index is -0.386. The number of hydrogen-bond acceptors (Lipinski definition) is 4. The predicted molar refractivity (Wildman–Crippen MR) is 136 cm³/mol. The maximum absolute atomic E-state index is 13.3. The molecule has 1 aliphatic rings. The number of fused-ring (bicyclic) bond motifs is 2. The normalized spacial score (nSPS) is 12.9. The number of hydrazine groups is 1. The number of benzene rings is 3. The second kappa shape index (κ2) is 9.78. The molecule has 1 amide bonds. The van der Waals surface area contributed by atoms with Crippen molar-refractivity contribution >= 4 is 34.4 Å². The number of amides is 1. The second-order valence-electron chi connectivity index (χ2n) is 8.48. The van der Waals surface area contributed by atoms with Crippen LogP contribution in [0.5, 0.6) is 0 Å². The molecule has 0 atom stereocenters. The van der Waals surface area contributed by atoms with E-state index >= 15 is 0 Å². The van der Waals surface area contributed by atoms with Crippen LogP contribution in [0.2, 0.25) is 5.02 Å². The molecule has 0 saturated heterocycles. The Balaban J connectivity index is 1.33. The first-order chi connectivity index (χ1) is 17.0. The number of carbonyl (C=O) groups is 2. The van der Waals surface area contributed by atoms with Crippen LogP contribution in [0, 0.1) is 0 Å². The Morgan fingerprint density at radius 3 is 2.63 bits per heavy atom. The molecule has 7 heteroatoms. The average Bonchev–Trinajstić information content (AvgIpc) is 3.46. The highest BCUT2D eigenvalue weighted by Crippen LogP contribution is 2.25. The molecule has 1 aliphatic heterocycles. The summed E-state index contributed by atoms with van der Waals surface area (Å²) in [5.41, 5.74) is 8.16. The molecule has 4 aromatic rings. The van der Waals surface area contributed by atoms with E-state index in [0.29, 0.717) is 35.8 Å². The van der Waals surface area contributed by atoms with Gasteiger partial charge in [0.2, 0.25) is 0 Å². The number of nitrogens with one attached hydrogen (secondary N) is 1. The molecule has 6 nitrogen and oxygen atoms in total. The van der Waals surface area contributed by atoms with Crippen LogP contribution in [-0.2, 0) is 24.4 Å². The van der Waals surface area contributed by atoms with E-state index in [4.69, 9.17) is 16.3 Å². The van der Waals surface area contributed by atoms with E-state index in [-0.39, 0.29) is 18.5 Å². The summed E-state index contributed by atoms with van der Waals surface area (Å²) >= 11 is 6.02. The third kappa shape index (κ3) is 4.85. The highest BCUT2D eigenvalue weighted by atomic mass is 35.5. The van der Waals surface area contributed by atoms with E-state index < -0.39 is 0 Å². The summed E-state index contributed by atoms with van der Waals surface area (Å²) < 4.78 is 7.21. The first-order valence-electron chi connectivity index (χ1n) is 11.3. The number of nitrogens with zero attached hydrogens (tertiary/aromatic N) is 2. The van der Waals surface area contributed by atoms with Gasteiger partial charge in [0.25, 0.3) is 5.91 Å². The van der Waals surface area contributed by atoms with Crippen LogP contribution in [0.4, 0.5) is 0 Å². The molecule has 0 spiro atoms. The largest absolute Gasteiger partial charge is 0.458 e. The Morgan fingerprint density at radius 1 is 1.03 bits per heavy atom. The number of carbonyl (C=O) groups excluding carboxylic acids is 2. The van der Waals surface area contributed by atoms with Crippen molar-refractivity contribution < 1.29 is 14.3 Å². The molecule has 5 rings (SSSR count). The van der Waals surface area contributed by atoms with E-state index in [9.17, 15) is 9.59 Å². The fraction of sp³-hybridized carbons (Fsp3) is 0.143. The molecule has 0 aliphatic carbocycles. The van der Waals surface area contributed by atoms with Gasteiger partial charge < -0.3 is 9.30 Å². The van der Waals surface area contributed by atoms with Crippen molar-refractivity contribution in [2.45, 2.75) is 19.6 Å². The number of ether oxygens (including phenoxy) is 1. The monoisotopic (exact) mass is 485 g/mol. The Morgan fingerprint density at radius 2 is 1.83 bits per heavy atom. The zero-order valence-corrected chi connectivity index (χ0v) is 19.8. The van der Waals surface area contributed by atoms with Gasteiger partial charge in [0.1, 0.15) is 6.61 Å². The fourth-order valence-corrected chi connectivity index (χ4v) is 4.51. The molecule has 1 aromatic heterocycles. The minimum absolute atomic E-state index is 0.170. The number of para-hydroxylation sites is 1. The quantitative estimate of drug-likeness (QED) is 0.283. The van der Waals surface area contributed by atoms with Gasteiger partial charge in [0.15, 0.2) is 0 Å². The number of hydrogen-bond donors (Lipinski definition) is 1. The van der Waals surface area contributed by atoms with E-state index in [1.807, 2.05) is 71.9 Å². The van der Waals surface area contributed by atoms with E-state index in [1.54, 1.807) is 6.07 Å². The summed E-state index contributed by atoms with van der Waals surface area (Å²) in [6.45, 7) is 5.43. The van der Waals surface area contributed by atoms with Crippen LogP contribution in [0.25, 0.3) is 10.9 Å². The van der Waals surface area contributed by atoms with Gasteiger partial charge in [-0.3, -0.25) is 10.2 Å². The number of aromatic nitrogens is 1. The van der Waals surface area contributed by atoms with Crippen molar-refractivity contribution in [3.8, 4) is 0 Å². The summed E-state index contributed by atoms with van der Waals surface area (Å²) in [7, 11) is 0. The second-order valence-corrected chi connectivity index (χ2v) is 8.92. The molecule has 0 saturated carbocycles. The van der Waals surface area contributed by atoms with Crippen molar-refractivity contribution in [3.63, 3.8) is 0 Å². The average molecular weight is 486 g/mol. The van der Waals surface area contributed by atoms with Crippen LogP contribution in [0.15, 0.2) is 85.6 Å². The van der Waals surface area contributed by atoms with Gasteiger partial charge in [-0.1, -0.05) is 54.6 Å². The Kier molecular flexibility index (Phi) is 6.40. The van der Waals surface area contributed by atoms with Crippen molar-refractivity contribution in [3.05, 3.63) is 118 Å². The van der Waals surface area contributed by atoms with Gasteiger partial charge in [0.05, 0.1) is 16.6 Å². The molecule has 0 radical (unpaired) electrons. The molecule has 3 aromatic carbocycles. The molecule has 35 heavy (non-hydrogen) atoms. The topological polar surface area (TPSA) is 63.6 Å². The fourth-order valence-electron chi connectivity index (χ4n) is 4.39. The molecular formula is C28H24ClN3O3. The lowest BCUT2D eigenvalue weighted by atomic mass is 10.1. The number of halogens is 1. The van der Waals surface area contributed by atoms with Crippen LogP contribution in [0.3, 0.4) is 0 Å². The lowest BCUT2D eigenvalue weighted by Gasteiger charge is -2.17. The summed E-state index contributed by atoms with van der Waals surface area (Å²) in [5, 5.41) is 3.55. The molecule has 1 N–H and O–H groups in total. The lowest BCUT2D eigenvalue weighted by molar-refractivity contribution is 0.0549. The summed E-state index contributed by atoms with van der Waals surface area (Å²) in [5.74, 6) is -0.562. The zero-order valence-electron chi connectivity index (χ0n) is 19.0. The number of esters is 1. The SMILES string of the molecule is C=CCOC(=O)c1ccc2c(c1)CN(NC(=O)c1cccc3ccn(Cc4ccc(Cl)cc4)c13)C2. The van der Waals surface area contributed by atoms with E-state index in [1.165, 1.54) is 6.08 Å². The molecule has 0 fully saturated rings. The van der Waals surface area contributed by atoms with Crippen LogP contribution >= 0.6 is 11.6 Å². The number of rotatable bonds is 7. The van der Waals surface area contributed by atoms with Gasteiger partial charge in [-0.15, -0.1) is 0 Å². The van der Waals surface area contributed by atoms with Crippen molar-refractivity contribution in [2.75, 3.05) is 6.61 Å². The summed E-state index contributed by atoms with van der Waals surface area (Å²) in [6.07, 6.45) is 3.53. The predicted octanol–water partition coefficient (Wildman–Crippen LogP) is 5.35. The maximum Gasteiger partial charge on any atom is 0.338 e. The van der Waals surface area contributed by atoms with Gasteiger partial charge in [-0.2, -0.15) is 0 Å². The Hall–Kier alpha value is -3.87. The highest BCUT2D eigenvalue weighted by Gasteiger charge is 2.23. The van der Waals surface area contributed by atoms with Gasteiger partial charge in [0, 0.05) is 36.2 Å². The molecule has 0 unspecified atom stereocenters. The smallest absolute Gasteiger partial charge is 0.338 e. The van der Waals surface area contributed by atoms with Crippen LogP contribution < -0.4 is 5.43 Å². The third-order valence-electron chi connectivity index (χ3n) is 6.06. The third-order valence-corrected chi connectivity index (χ3v) is 6.31. The van der Waals surface area contributed by atoms with Gasteiger partial charge in [-0.05, 0) is 53.1 Å². The molecule has 0 bridgehead atoms. The van der Waals surface area contributed by atoms with Crippen LogP contribution in [-0.4, -0.2) is 28.1 Å². The zero-order chi connectivity index (χ0) is 24.4. The van der Waals surface area contributed by atoms with Gasteiger partial charge >= 0.3 is 5.97 Å². The van der Waals surface area contributed by atoms with E-state index in [0.717, 1.165) is 27.6 Å². The van der Waals surface area contributed by atoms with E-state index in [2.05, 4.69) is 16.6 Å². The molecule has 176 valence electrons. The lowest BCUT2D eigenvalue weighted by Crippen LogP contribution is -2.38.